The molecule has 214 valence electrons. The first-order chi connectivity index (χ1) is 18.4. The Morgan fingerprint density at radius 3 is 2.31 bits per heavy atom. The zero-order valence-electron chi connectivity index (χ0n) is 22.1. The molecule has 0 saturated carbocycles. The highest BCUT2D eigenvalue weighted by Gasteiger charge is 2.22. The van der Waals surface area contributed by atoms with Crippen molar-refractivity contribution >= 4 is 37.0 Å². The molecule has 0 heterocycles. The summed E-state index contributed by atoms with van der Waals surface area (Å²) in [6.45, 7) is 4.58. The van der Waals surface area contributed by atoms with Gasteiger partial charge in [-0.3, -0.25) is 18.9 Å². The molecule has 2 rings (SSSR count). The molecule has 9 nitrogen and oxygen atoms in total. The van der Waals surface area contributed by atoms with E-state index in [4.69, 9.17) is 26.1 Å². The van der Waals surface area contributed by atoms with E-state index in [1.165, 1.54) is 18.2 Å². The molecule has 0 unspecified atom stereocenters. The van der Waals surface area contributed by atoms with Crippen LogP contribution in [0, 0.1) is 5.82 Å². The second kappa shape index (κ2) is 15.7. The quantitative estimate of drug-likeness (QED) is 0.210. The van der Waals surface area contributed by atoms with Crippen LogP contribution < -0.4 is 5.32 Å². The molecule has 0 fully saturated rings. The van der Waals surface area contributed by atoms with Gasteiger partial charge in [0.15, 0.2) is 6.61 Å². The minimum Gasteiger partial charge on any atom is -0.456 e. The molecule has 0 bridgehead atoms. The summed E-state index contributed by atoms with van der Waals surface area (Å²) in [5.41, 5.74) is 1.62. The number of carbonyl (C=O) groups excluding carboxylic acids is 3. The van der Waals surface area contributed by atoms with Crippen molar-refractivity contribution in [3.05, 3.63) is 58.9 Å². The Kier molecular flexibility index (Phi) is 13.1. The van der Waals surface area contributed by atoms with Crippen molar-refractivity contribution in [2.75, 3.05) is 25.9 Å². The van der Waals surface area contributed by atoms with Crippen LogP contribution in [0.2, 0.25) is 5.02 Å². The summed E-state index contributed by atoms with van der Waals surface area (Å²) in [4.78, 5) is 57.1. The maximum Gasteiger partial charge on any atom is 0.326 e. The SMILES string of the molecule is CCCN(CCC)C(=O)COC(=O)C[C@@H](Cc1ccc(-c2cc(Cl)ccc2F)cc1)NC(=O)CCP(=O)(O)O. The molecule has 0 saturated heterocycles. The topological polar surface area (TPSA) is 133 Å². The second-order valence-corrected chi connectivity index (χ2v) is 11.4. The fourth-order valence-corrected chi connectivity index (χ4v) is 4.61. The zero-order valence-corrected chi connectivity index (χ0v) is 23.7. The smallest absolute Gasteiger partial charge is 0.326 e. The molecule has 0 aliphatic rings. The lowest BCUT2D eigenvalue weighted by Gasteiger charge is -2.22. The highest BCUT2D eigenvalue weighted by Crippen LogP contribution is 2.34. The number of carbonyl (C=O) groups is 3. The maximum absolute atomic E-state index is 14.2. The van der Waals surface area contributed by atoms with Gasteiger partial charge in [0, 0.05) is 36.1 Å². The Labute approximate surface area is 232 Å². The summed E-state index contributed by atoms with van der Waals surface area (Å²) in [5.74, 6) is -2.08. The number of benzene rings is 2. The van der Waals surface area contributed by atoms with Gasteiger partial charge in [-0.1, -0.05) is 49.7 Å². The second-order valence-electron chi connectivity index (χ2n) is 9.17. The van der Waals surface area contributed by atoms with Crippen LogP contribution in [-0.2, 0) is 30.1 Å². The van der Waals surface area contributed by atoms with Gasteiger partial charge in [-0.15, -0.1) is 0 Å². The normalized spacial score (nSPS) is 12.1. The number of halogens is 2. The number of ether oxygens (including phenoxy) is 1. The molecule has 0 spiro atoms. The lowest BCUT2D eigenvalue weighted by atomic mass is 9.99. The Bertz CT molecular complexity index is 1170. The van der Waals surface area contributed by atoms with Gasteiger partial charge < -0.3 is 24.7 Å². The van der Waals surface area contributed by atoms with Crippen LogP contribution in [0.1, 0.15) is 45.1 Å². The van der Waals surface area contributed by atoms with Crippen LogP contribution in [0.4, 0.5) is 4.39 Å². The predicted octanol–water partition coefficient (Wildman–Crippen LogP) is 4.32. The molecule has 2 aromatic rings. The van der Waals surface area contributed by atoms with E-state index in [2.05, 4.69) is 5.32 Å². The van der Waals surface area contributed by atoms with E-state index in [0.717, 1.165) is 12.8 Å². The lowest BCUT2D eigenvalue weighted by Crippen LogP contribution is -2.40. The monoisotopic (exact) mass is 584 g/mol. The van der Waals surface area contributed by atoms with Crippen molar-refractivity contribution in [2.24, 2.45) is 0 Å². The molecule has 2 aromatic carbocycles. The third-order valence-electron chi connectivity index (χ3n) is 5.78. The zero-order chi connectivity index (χ0) is 29.0. The first kappa shape index (κ1) is 32.4. The van der Waals surface area contributed by atoms with Crippen LogP contribution >= 0.6 is 19.2 Å². The number of hydrogen-bond donors (Lipinski definition) is 3. The summed E-state index contributed by atoms with van der Waals surface area (Å²) in [6, 6.07) is 10.3. The Morgan fingerprint density at radius 1 is 1.08 bits per heavy atom. The van der Waals surface area contributed by atoms with Gasteiger partial charge in [-0.05, 0) is 48.6 Å². The van der Waals surface area contributed by atoms with Crippen molar-refractivity contribution in [1.29, 1.82) is 0 Å². The predicted molar refractivity (Wildman–Crippen MR) is 147 cm³/mol. The highest BCUT2D eigenvalue weighted by molar-refractivity contribution is 7.51. The molecule has 0 aliphatic carbocycles. The fourth-order valence-electron chi connectivity index (χ4n) is 3.94. The first-order valence-corrected chi connectivity index (χ1v) is 14.9. The van der Waals surface area contributed by atoms with Crippen LogP contribution in [0.25, 0.3) is 11.1 Å². The average molecular weight is 585 g/mol. The van der Waals surface area contributed by atoms with E-state index in [1.807, 2.05) is 13.8 Å². The number of esters is 1. The van der Waals surface area contributed by atoms with E-state index in [1.54, 1.807) is 29.2 Å². The van der Waals surface area contributed by atoms with Crippen LogP contribution in [-0.4, -0.2) is 64.4 Å². The van der Waals surface area contributed by atoms with E-state index < -0.39 is 50.5 Å². The van der Waals surface area contributed by atoms with E-state index in [0.29, 0.717) is 34.8 Å². The molecule has 0 aliphatic heterocycles. The van der Waals surface area contributed by atoms with Crippen LogP contribution in [0.15, 0.2) is 42.5 Å². The molecular weight excluding hydrogens is 550 g/mol. The molecule has 39 heavy (non-hydrogen) atoms. The van der Waals surface area contributed by atoms with E-state index >= 15 is 0 Å². The molecule has 1 atom stereocenters. The number of rotatable bonds is 15. The van der Waals surface area contributed by atoms with Gasteiger partial charge in [0.25, 0.3) is 5.91 Å². The van der Waals surface area contributed by atoms with Crippen molar-refractivity contribution < 1.29 is 37.9 Å². The Hall–Kier alpha value is -2.78. The summed E-state index contributed by atoms with van der Waals surface area (Å²) < 4.78 is 30.6. The summed E-state index contributed by atoms with van der Waals surface area (Å²) in [6.07, 6.45) is 0.400. The molecule has 0 radical (unpaired) electrons. The van der Waals surface area contributed by atoms with E-state index in [9.17, 15) is 23.3 Å². The minimum atomic E-state index is -4.38. The number of nitrogens with zero attached hydrogens (tertiary/aromatic N) is 1. The summed E-state index contributed by atoms with van der Waals surface area (Å²) >= 11 is 5.99. The molecular formula is C27H35ClFN2O7P. The van der Waals surface area contributed by atoms with Gasteiger partial charge in [0.1, 0.15) is 5.82 Å². The van der Waals surface area contributed by atoms with Gasteiger partial charge in [0.05, 0.1) is 12.6 Å². The van der Waals surface area contributed by atoms with Gasteiger partial charge >= 0.3 is 13.6 Å². The Morgan fingerprint density at radius 2 is 1.72 bits per heavy atom. The number of amides is 2. The number of nitrogens with one attached hydrogen (secondary N) is 1. The molecule has 2 amide bonds. The van der Waals surface area contributed by atoms with Crippen molar-refractivity contribution in [3.8, 4) is 11.1 Å². The minimum absolute atomic E-state index is 0.181. The average Bonchev–Trinajstić information content (AvgIpc) is 2.87. The third-order valence-corrected chi connectivity index (χ3v) is 6.82. The van der Waals surface area contributed by atoms with Crippen LogP contribution in [0.5, 0.6) is 0 Å². The van der Waals surface area contributed by atoms with Crippen LogP contribution in [0.3, 0.4) is 0 Å². The highest BCUT2D eigenvalue weighted by atomic mass is 35.5. The Balaban J connectivity index is 2.10. The van der Waals surface area contributed by atoms with Gasteiger partial charge in [-0.25, -0.2) is 4.39 Å². The van der Waals surface area contributed by atoms with Gasteiger partial charge in [-0.2, -0.15) is 0 Å². The number of hydrogen-bond acceptors (Lipinski definition) is 5. The fraction of sp³-hybridized carbons (Fsp3) is 0.444. The van der Waals surface area contributed by atoms with Gasteiger partial charge in [0.2, 0.25) is 5.91 Å². The maximum atomic E-state index is 14.2. The van der Waals surface area contributed by atoms with Crippen molar-refractivity contribution in [3.63, 3.8) is 0 Å². The molecule has 3 N–H and O–H groups in total. The van der Waals surface area contributed by atoms with Crippen molar-refractivity contribution in [1.82, 2.24) is 10.2 Å². The molecule has 0 aromatic heterocycles. The molecule has 12 heteroatoms. The standard InChI is InChI=1S/C27H35ClFN2O7P/c1-3-12-31(13-4-2)26(33)18-38-27(34)17-22(30-25(32)11-14-39(35,36)37)15-19-5-7-20(8-6-19)23-16-21(28)9-10-24(23)29/h5-10,16,22H,3-4,11-15,17-18H2,1-2H3,(H,30,32)(H2,35,36,37)/t22-/m1/s1. The summed E-state index contributed by atoms with van der Waals surface area (Å²) in [7, 11) is -4.38. The van der Waals surface area contributed by atoms with Crippen molar-refractivity contribution in [2.45, 2.75) is 52.0 Å². The first-order valence-electron chi connectivity index (χ1n) is 12.7. The lowest BCUT2D eigenvalue weighted by molar-refractivity contribution is -0.152. The largest absolute Gasteiger partial charge is 0.456 e. The van der Waals surface area contributed by atoms with E-state index in [-0.39, 0.29) is 18.7 Å². The third kappa shape index (κ3) is 11.9. The summed E-state index contributed by atoms with van der Waals surface area (Å²) in [5, 5.41) is 3.01.